The van der Waals surface area contributed by atoms with E-state index in [0.717, 1.165) is 40.2 Å². The summed E-state index contributed by atoms with van der Waals surface area (Å²) < 4.78 is 5.27. The maximum atomic E-state index is 12.9. The van der Waals surface area contributed by atoms with Crippen molar-refractivity contribution in [1.82, 2.24) is 14.9 Å². The van der Waals surface area contributed by atoms with Crippen molar-refractivity contribution in [3.8, 4) is 28.4 Å². The van der Waals surface area contributed by atoms with Crippen LogP contribution in [0.2, 0.25) is 0 Å². The SMILES string of the molecule is COc1ccc(-c2nc3c(c(-c4ccccc4)n2)CN(C(=O)C(C)(C)C)CC3)cc1. The van der Waals surface area contributed by atoms with Crippen LogP contribution in [0.5, 0.6) is 5.75 Å². The fraction of sp³-hybridized carbons (Fsp3) is 0.320. The predicted octanol–water partition coefficient (Wildman–Crippen LogP) is 4.75. The zero-order chi connectivity index (χ0) is 21.3. The van der Waals surface area contributed by atoms with Gasteiger partial charge in [0.15, 0.2) is 5.82 Å². The fourth-order valence-electron chi connectivity index (χ4n) is 3.77. The number of rotatable bonds is 3. The highest BCUT2D eigenvalue weighted by atomic mass is 16.5. The third-order valence-corrected chi connectivity index (χ3v) is 5.38. The Hall–Kier alpha value is -3.21. The van der Waals surface area contributed by atoms with Gasteiger partial charge in [-0.25, -0.2) is 9.97 Å². The quantitative estimate of drug-likeness (QED) is 0.635. The van der Waals surface area contributed by atoms with Gasteiger partial charge in [0, 0.05) is 41.6 Å². The minimum absolute atomic E-state index is 0.159. The van der Waals surface area contributed by atoms with Crippen molar-refractivity contribution in [1.29, 1.82) is 0 Å². The van der Waals surface area contributed by atoms with Gasteiger partial charge in [-0.15, -0.1) is 0 Å². The molecule has 0 N–H and O–H groups in total. The Labute approximate surface area is 177 Å². The molecule has 3 aromatic rings. The Balaban J connectivity index is 1.80. The van der Waals surface area contributed by atoms with Crippen LogP contribution in [0, 0.1) is 5.41 Å². The zero-order valence-electron chi connectivity index (χ0n) is 18.0. The number of nitrogens with zero attached hydrogens (tertiary/aromatic N) is 3. The number of ether oxygens (including phenoxy) is 1. The molecule has 0 saturated heterocycles. The second-order valence-electron chi connectivity index (χ2n) is 8.64. The van der Waals surface area contributed by atoms with Gasteiger partial charge in [-0.05, 0) is 24.3 Å². The molecule has 0 aliphatic carbocycles. The van der Waals surface area contributed by atoms with E-state index >= 15 is 0 Å². The van der Waals surface area contributed by atoms with Crippen LogP contribution in [0.3, 0.4) is 0 Å². The van der Waals surface area contributed by atoms with Gasteiger partial charge in [-0.1, -0.05) is 51.1 Å². The van der Waals surface area contributed by atoms with Crippen LogP contribution in [0.25, 0.3) is 22.6 Å². The summed E-state index contributed by atoms with van der Waals surface area (Å²) in [5.74, 6) is 1.66. The number of amides is 1. The summed E-state index contributed by atoms with van der Waals surface area (Å²) >= 11 is 0. The Morgan fingerprint density at radius 2 is 1.67 bits per heavy atom. The lowest BCUT2D eigenvalue weighted by Crippen LogP contribution is -2.42. The zero-order valence-corrected chi connectivity index (χ0v) is 18.0. The molecular formula is C25H27N3O2. The number of hydrogen-bond donors (Lipinski definition) is 0. The van der Waals surface area contributed by atoms with E-state index < -0.39 is 5.41 Å². The average Bonchev–Trinajstić information content (AvgIpc) is 2.77. The highest BCUT2D eigenvalue weighted by Gasteiger charge is 2.32. The van der Waals surface area contributed by atoms with E-state index in [9.17, 15) is 4.79 Å². The molecule has 4 rings (SSSR count). The molecule has 0 bridgehead atoms. The molecule has 1 amide bonds. The van der Waals surface area contributed by atoms with Crippen molar-refractivity contribution in [2.45, 2.75) is 33.7 Å². The number of fused-ring (bicyclic) bond motifs is 1. The molecule has 5 nitrogen and oxygen atoms in total. The Bertz CT molecular complexity index is 1050. The number of aromatic nitrogens is 2. The summed E-state index contributed by atoms with van der Waals surface area (Å²) in [7, 11) is 1.66. The number of carbonyl (C=O) groups excluding carboxylic acids is 1. The third kappa shape index (κ3) is 3.92. The first-order chi connectivity index (χ1) is 14.4. The van der Waals surface area contributed by atoms with Crippen molar-refractivity contribution in [3.63, 3.8) is 0 Å². The third-order valence-electron chi connectivity index (χ3n) is 5.38. The van der Waals surface area contributed by atoms with Gasteiger partial charge in [-0.3, -0.25) is 4.79 Å². The van der Waals surface area contributed by atoms with E-state index in [4.69, 9.17) is 14.7 Å². The molecular weight excluding hydrogens is 374 g/mol. The molecule has 154 valence electrons. The van der Waals surface area contributed by atoms with E-state index in [-0.39, 0.29) is 5.91 Å². The maximum Gasteiger partial charge on any atom is 0.228 e. The Morgan fingerprint density at radius 3 is 2.30 bits per heavy atom. The van der Waals surface area contributed by atoms with E-state index in [1.165, 1.54) is 0 Å². The summed E-state index contributed by atoms with van der Waals surface area (Å²) in [5, 5.41) is 0. The largest absolute Gasteiger partial charge is 0.497 e. The summed E-state index contributed by atoms with van der Waals surface area (Å²) in [4.78, 5) is 24.7. The van der Waals surface area contributed by atoms with Crippen LogP contribution < -0.4 is 4.74 Å². The first kappa shape index (κ1) is 20.1. The molecule has 0 fully saturated rings. The summed E-state index contributed by atoms with van der Waals surface area (Å²) in [6.45, 7) is 7.11. The normalized spacial score (nSPS) is 13.7. The Kier molecular flexibility index (Phi) is 5.29. The van der Waals surface area contributed by atoms with Gasteiger partial charge in [0.05, 0.1) is 18.5 Å². The molecule has 0 radical (unpaired) electrons. The summed E-state index contributed by atoms with van der Waals surface area (Å²) in [6.07, 6.45) is 0.725. The first-order valence-electron chi connectivity index (χ1n) is 10.3. The van der Waals surface area contributed by atoms with Crippen molar-refractivity contribution < 1.29 is 9.53 Å². The Morgan fingerprint density at radius 1 is 0.967 bits per heavy atom. The lowest BCUT2D eigenvalue weighted by atomic mass is 9.92. The summed E-state index contributed by atoms with van der Waals surface area (Å²) in [5.41, 5.74) is 4.54. The highest BCUT2D eigenvalue weighted by molar-refractivity contribution is 5.82. The van der Waals surface area contributed by atoms with Crippen LogP contribution in [-0.2, 0) is 17.8 Å². The van der Waals surface area contributed by atoms with Gasteiger partial charge >= 0.3 is 0 Å². The molecule has 5 heteroatoms. The van der Waals surface area contributed by atoms with Crippen LogP contribution in [0.1, 0.15) is 32.0 Å². The lowest BCUT2D eigenvalue weighted by molar-refractivity contribution is -0.140. The average molecular weight is 402 g/mol. The second-order valence-corrected chi connectivity index (χ2v) is 8.64. The topological polar surface area (TPSA) is 55.3 Å². The van der Waals surface area contributed by atoms with Crippen LogP contribution in [0.4, 0.5) is 0 Å². The van der Waals surface area contributed by atoms with Gasteiger partial charge in [-0.2, -0.15) is 0 Å². The van der Waals surface area contributed by atoms with Crippen molar-refractivity contribution in [3.05, 3.63) is 65.9 Å². The lowest BCUT2D eigenvalue weighted by Gasteiger charge is -2.34. The number of benzene rings is 2. The van der Waals surface area contributed by atoms with Gasteiger partial charge in [0.1, 0.15) is 5.75 Å². The smallest absolute Gasteiger partial charge is 0.228 e. The first-order valence-corrected chi connectivity index (χ1v) is 10.3. The predicted molar refractivity (Wildman–Crippen MR) is 118 cm³/mol. The number of methoxy groups -OCH3 is 1. The molecule has 1 aliphatic rings. The van der Waals surface area contributed by atoms with Crippen LogP contribution >= 0.6 is 0 Å². The molecule has 0 spiro atoms. The second kappa shape index (κ2) is 7.90. The van der Waals surface area contributed by atoms with Crippen molar-refractivity contribution in [2.75, 3.05) is 13.7 Å². The molecule has 0 unspecified atom stereocenters. The van der Waals surface area contributed by atoms with Gasteiger partial charge < -0.3 is 9.64 Å². The molecule has 1 aromatic heterocycles. The van der Waals surface area contributed by atoms with E-state index in [0.29, 0.717) is 18.9 Å². The van der Waals surface area contributed by atoms with Crippen molar-refractivity contribution >= 4 is 5.91 Å². The molecule has 2 aromatic carbocycles. The molecule has 0 saturated carbocycles. The number of hydrogen-bond acceptors (Lipinski definition) is 4. The van der Waals surface area contributed by atoms with E-state index in [1.807, 2.05) is 68.1 Å². The maximum absolute atomic E-state index is 12.9. The van der Waals surface area contributed by atoms with E-state index in [2.05, 4.69) is 12.1 Å². The van der Waals surface area contributed by atoms with E-state index in [1.54, 1.807) is 7.11 Å². The van der Waals surface area contributed by atoms with Gasteiger partial charge in [0.25, 0.3) is 0 Å². The summed E-state index contributed by atoms with van der Waals surface area (Å²) in [6, 6.07) is 17.9. The molecule has 0 atom stereocenters. The standard InChI is InChI=1S/C25H27N3O2/c1-25(2,3)24(29)28-15-14-21-20(16-28)22(17-8-6-5-7-9-17)27-23(26-21)18-10-12-19(30-4)13-11-18/h5-13H,14-16H2,1-4H3. The van der Waals surface area contributed by atoms with Crippen LogP contribution in [-0.4, -0.2) is 34.4 Å². The van der Waals surface area contributed by atoms with Crippen molar-refractivity contribution in [2.24, 2.45) is 5.41 Å². The molecule has 1 aliphatic heterocycles. The molecule has 2 heterocycles. The monoisotopic (exact) mass is 401 g/mol. The fourth-order valence-corrected chi connectivity index (χ4v) is 3.77. The minimum Gasteiger partial charge on any atom is -0.497 e. The number of carbonyl (C=O) groups is 1. The van der Waals surface area contributed by atoms with Gasteiger partial charge in [0.2, 0.25) is 5.91 Å². The van der Waals surface area contributed by atoms with Crippen LogP contribution in [0.15, 0.2) is 54.6 Å². The molecule has 30 heavy (non-hydrogen) atoms. The highest BCUT2D eigenvalue weighted by Crippen LogP contribution is 2.32. The minimum atomic E-state index is -0.408.